The second-order valence-electron chi connectivity index (χ2n) is 6.82. The highest BCUT2D eigenvalue weighted by Gasteiger charge is 2.37. The van der Waals surface area contributed by atoms with Crippen molar-refractivity contribution in [3.8, 4) is 11.1 Å². The number of hydrogen-bond donors (Lipinski definition) is 1. The van der Waals surface area contributed by atoms with E-state index in [9.17, 15) is 35.5 Å². The summed E-state index contributed by atoms with van der Waals surface area (Å²) < 4.78 is 92.8. The average Bonchev–Trinajstić information content (AvgIpc) is 2.66. The molecule has 4 nitrogen and oxygen atoms in total. The molecule has 0 bridgehead atoms. The lowest BCUT2D eigenvalue weighted by atomic mass is 9.97. The minimum absolute atomic E-state index is 0.00535. The van der Waals surface area contributed by atoms with Gasteiger partial charge in [-0.15, -0.1) is 0 Å². The molecule has 2 aromatic rings. The van der Waals surface area contributed by atoms with Crippen LogP contribution < -0.4 is 5.84 Å². The van der Waals surface area contributed by atoms with Gasteiger partial charge in [-0.3, -0.25) is 10.6 Å². The van der Waals surface area contributed by atoms with E-state index in [0.29, 0.717) is 25.2 Å². The molecule has 3 rings (SSSR count). The van der Waals surface area contributed by atoms with Crippen molar-refractivity contribution in [2.24, 2.45) is 5.84 Å². The Hall–Kier alpha value is -2.66. The van der Waals surface area contributed by atoms with Crippen molar-refractivity contribution < 1.29 is 35.5 Å². The molecule has 0 radical (unpaired) electrons. The van der Waals surface area contributed by atoms with Gasteiger partial charge in [0.2, 0.25) is 0 Å². The van der Waals surface area contributed by atoms with E-state index in [4.69, 9.17) is 5.84 Å². The fourth-order valence-electron chi connectivity index (χ4n) is 3.09. The standard InChI is InChI=1S/C19H16F7N3O/c20-16-2-1-11(9-15(16)17(30)28-3-5-29(27)6-4-28)12-7-13(18(21,22)23)10-14(8-12)19(24,25)26/h1-2,7-10H,3-6,27H2. The Morgan fingerprint density at radius 1 is 0.800 bits per heavy atom. The first kappa shape index (κ1) is 22.0. The van der Waals surface area contributed by atoms with Crippen LogP contribution in [0.15, 0.2) is 36.4 Å². The number of nitrogens with two attached hydrogens (primary N) is 1. The monoisotopic (exact) mass is 435 g/mol. The fraction of sp³-hybridized carbons (Fsp3) is 0.316. The number of hydrazine groups is 1. The summed E-state index contributed by atoms with van der Waals surface area (Å²) in [6.07, 6.45) is -10.0. The maximum absolute atomic E-state index is 14.3. The maximum Gasteiger partial charge on any atom is 0.416 e. The average molecular weight is 435 g/mol. The summed E-state index contributed by atoms with van der Waals surface area (Å²) in [6.45, 7) is 1.10. The number of hydrogen-bond acceptors (Lipinski definition) is 3. The summed E-state index contributed by atoms with van der Waals surface area (Å²) in [5.41, 5.74) is -4.01. The highest BCUT2D eigenvalue weighted by molar-refractivity contribution is 5.96. The van der Waals surface area contributed by atoms with E-state index in [1.165, 1.54) is 9.91 Å². The van der Waals surface area contributed by atoms with Crippen LogP contribution in [-0.2, 0) is 12.4 Å². The van der Waals surface area contributed by atoms with Gasteiger partial charge in [0.1, 0.15) is 5.82 Å². The maximum atomic E-state index is 14.3. The smallest absolute Gasteiger partial charge is 0.336 e. The molecule has 1 saturated heterocycles. The minimum Gasteiger partial charge on any atom is -0.336 e. The van der Waals surface area contributed by atoms with Crippen molar-refractivity contribution in [1.29, 1.82) is 0 Å². The molecule has 1 amide bonds. The number of benzene rings is 2. The van der Waals surface area contributed by atoms with Gasteiger partial charge in [-0.1, -0.05) is 6.07 Å². The summed E-state index contributed by atoms with van der Waals surface area (Å²) in [5, 5.41) is 1.47. The lowest BCUT2D eigenvalue weighted by Gasteiger charge is -2.32. The second-order valence-corrected chi connectivity index (χ2v) is 6.82. The highest BCUT2D eigenvalue weighted by Crippen LogP contribution is 2.39. The zero-order chi connectivity index (χ0) is 22.3. The quantitative estimate of drug-likeness (QED) is 0.570. The van der Waals surface area contributed by atoms with E-state index < -0.39 is 46.3 Å². The van der Waals surface area contributed by atoms with Crippen LogP contribution in [0, 0.1) is 5.82 Å². The van der Waals surface area contributed by atoms with Crippen LogP contribution in [-0.4, -0.2) is 42.0 Å². The lowest BCUT2D eigenvalue weighted by Crippen LogP contribution is -2.51. The van der Waals surface area contributed by atoms with Crippen molar-refractivity contribution >= 4 is 5.91 Å². The number of rotatable bonds is 2. The normalized spacial score (nSPS) is 16.1. The molecule has 11 heteroatoms. The number of alkyl halides is 6. The molecule has 2 aromatic carbocycles. The summed E-state index contributed by atoms with van der Waals surface area (Å²) in [6, 6.07) is 3.90. The van der Waals surface area contributed by atoms with Crippen LogP contribution in [0.2, 0.25) is 0 Å². The third kappa shape index (κ3) is 4.73. The predicted octanol–water partition coefficient (Wildman–Crippen LogP) is 4.16. The van der Waals surface area contributed by atoms with Gasteiger partial charge in [-0.05, 0) is 41.5 Å². The van der Waals surface area contributed by atoms with Crippen LogP contribution in [0.5, 0.6) is 0 Å². The number of piperazine rings is 1. The molecule has 162 valence electrons. The molecule has 0 unspecified atom stereocenters. The van der Waals surface area contributed by atoms with E-state index >= 15 is 0 Å². The van der Waals surface area contributed by atoms with Gasteiger partial charge < -0.3 is 4.90 Å². The van der Waals surface area contributed by atoms with E-state index in [1.807, 2.05) is 0 Å². The zero-order valence-electron chi connectivity index (χ0n) is 15.3. The molecular formula is C19H16F7N3O. The number of carbonyl (C=O) groups excluding carboxylic acids is 1. The molecule has 0 spiro atoms. The van der Waals surface area contributed by atoms with Crippen LogP contribution >= 0.6 is 0 Å². The summed E-state index contributed by atoms with van der Waals surface area (Å²) in [7, 11) is 0. The second kappa shape index (κ2) is 7.88. The molecule has 30 heavy (non-hydrogen) atoms. The summed E-state index contributed by atoms with van der Waals surface area (Å²) >= 11 is 0. The molecule has 1 aliphatic heterocycles. The van der Waals surface area contributed by atoms with Gasteiger partial charge >= 0.3 is 12.4 Å². The van der Waals surface area contributed by atoms with E-state index in [-0.39, 0.29) is 24.7 Å². The summed E-state index contributed by atoms with van der Waals surface area (Å²) in [5.74, 6) is 3.96. The molecule has 2 N–H and O–H groups in total. The van der Waals surface area contributed by atoms with Crippen molar-refractivity contribution in [1.82, 2.24) is 9.91 Å². The molecule has 0 saturated carbocycles. The molecule has 0 atom stereocenters. The predicted molar refractivity (Wildman–Crippen MR) is 93.5 cm³/mol. The van der Waals surface area contributed by atoms with Crippen molar-refractivity contribution in [3.05, 3.63) is 58.9 Å². The van der Waals surface area contributed by atoms with Gasteiger partial charge in [0, 0.05) is 26.2 Å². The van der Waals surface area contributed by atoms with E-state index in [1.54, 1.807) is 0 Å². The van der Waals surface area contributed by atoms with Crippen molar-refractivity contribution in [3.63, 3.8) is 0 Å². The number of carbonyl (C=O) groups is 1. The fourth-order valence-corrected chi connectivity index (χ4v) is 3.09. The van der Waals surface area contributed by atoms with Crippen LogP contribution in [0.4, 0.5) is 30.7 Å². The first-order chi connectivity index (χ1) is 13.9. The molecule has 1 heterocycles. The molecular weight excluding hydrogens is 419 g/mol. The number of halogens is 7. The van der Waals surface area contributed by atoms with Gasteiger partial charge in [-0.2, -0.15) is 26.3 Å². The molecule has 0 aliphatic carbocycles. The van der Waals surface area contributed by atoms with Crippen molar-refractivity contribution in [2.75, 3.05) is 26.2 Å². The third-order valence-electron chi connectivity index (χ3n) is 4.72. The summed E-state index contributed by atoms with van der Waals surface area (Å²) in [4.78, 5) is 13.9. The Morgan fingerprint density at radius 3 is 1.83 bits per heavy atom. The Bertz CT molecular complexity index is 916. The van der Waals surface area contributed by atoms with Crippen LogP contribution in [0.3, 0.4) is 0 Å². The van der Waals surface area contributed by atoms with Crippen molar-refractivity contribution in [2.45, 2.75) is 12.4 Å². The lowest BCUT2D eigenvalue weighted by molar-refractivity contribution is -0.143. The highest BCUT2D eigenvalue weighted by atomic mass is 19.4. The van der Waals surface area contributed by atoms with Gasteiger partial charge in [-0.25, -0.2) is 9.40 Å². The third-order valence-corrected chi connectivity index (χ3v) is 4.72. The van der Waals surface area contributed by atoms with E-state index in [0.717, 1.165) is 18.2 Å². The van der Waals surface area contributed by atoms with Crippen LogP contribution in [0.1, 0.15) is 21.5 Å². The van der Waals surface area contributed by atoms with Gasteiger partial charge in [0.25, 0.3) is 5.91 Å². The Balaban J connectivity index is 2.04. The van der Waals surface area contributed by atoms with Gasteiger partial charge in [0.05, 0.1) is 16.7 Å². The SMILES string of the molecule is NN1CCN(C(=O)c2cc(-c3cc(C(F)(F)F)cc(C(F)(F)F)c3)ccc2F)CC1. The number of amides is 1. The molecule has 0 aromatic heterocycles. The topological polar surface area (TPSA) is 49.6 Å². The molecule has 1 aliphatic rings. The zero-order valence-corrected chi connectivity index (χ0v) is 15.3. The molecule has 1 fully saturated rings. The van der Waals surface area contributed by atoms with Gasteiger partial charge in [0.15, 0.2) is 0 Å². The van der Waals surface area contributed by atoms with E-state index in [2.05, 4.69) is 0 Å². The first-order valence-corrected chi connectivity index (χ1v) is 8.74. The minimum atomic E-state index is -5.02. The Labute approximate surface area is 166 Å². The Morgan fingerprint density at radius 2 is 1.33 bits per heavy atom. The first-order valence-electron chi connectivity index (χ1n) is 8.74. The Kier molecular flexibility index (Phi) is 5.79. The largest absolute Gasteiger partial charge is 0.416 e. The number of nitrogens with zero attached hydrogens (tertiary/aromatic N) is 2. The van der Waals surface area contributed by atoms with Crippen LogP contribution in [0.25, 0.3) is 11.1 Å².